The minimum absolute atomic E-state index is 0.253. The van der Waals surface area contributed by atoms with Crippen LogP contribution in [0.3, 0.4) is 0 Å². The van der Waals surface area contributed by atoms with Gasteiger partial charge in [0.05, 0.1) is 0 Å². The molecule has 1 aromatic carbocycles. The van der Waals surface area contributed by atoms with E-state index in [1.54, 1.807) is 6.92 Å². The third-order valence-corrected chi connectivity index (χ3v) is 6.21. The molecule has 1 atom stereocenters. The molecule has 4 heteroatoms. The molecule has 2 saturated heterocycles. The van der Waals surface area contributed by atoms with Gasteiger partial charge in [-0.05, 0) is 70.3 Å². The minimum atomic E-state index is 0.253. The summed E-state index contributed by atoms with van der Waals surface area (Å²) in [5.74, 6) is 0.253. The highest BCUT2D eigenvalue weighted by Crippen LogP contribution is 2.18. The molecule has 1 unspecified atom stereocenters. The van der Waals surface area contributed by atoms with Crippen LogP contribution in [-0.2, 0) is 11.2 Å². The Morgan fingerprint density at radius 2 is 1.74 bits per heavy atom. The molecule has 0 spiro atoms. The molecule has 0 aliphatic carbocycles. The fourth-order valence-electron chi connectivity index (χ4n) is 4.67. The number of amides is 1. The summed E-state index contributed by atoms with van der Waals surface area (Å²) >= 11 is 0. The number of rotatable bonds is 8. The molecule has 27 heavy (non-hydrogen) atoms. The topological polar surface area (TPSA) is 26.8 Å². The molecule has 150 valence electrons. The maximum Gasteiger partial charge on any atom is 0.219 e. The molecule has 2 aliphatic rings. The van der Waals surface area contributed by atoms with Gasteiger partial charge in [0, 0.05) is 32.6 Å². The van der Waals surface area contributed by atoms with E-state index in [9.17, 15) is 4.79 Å². The van der Waals surface area contributed by atoms with E-state index in [0.717, 1.165) is 39.0 Å². The number of hydrogen-bond donors (Lipinski definition) is 0. The van der Waals surface area contributed by atoms with E-state index in [-0.39, 0.29) is 5.91 Å². The van der Waals surface area contributed by atoms with E-state index in [0.29, 0.717) is 6.04 Å². The van der Waals surface area contributed by atoms with Gasteiger partial charge in [0.25, 0.3) is 0 Å². The highest BCUT2D eigenvalue weighted by molar-refractivity contribution is 5.73. The maximum atomic E-state index is 12.3. The van der Waals surface area contributed by atoms with Crippen molar-refractivity contribution in [1.82, 2.24) is 14.7 Å². The van der Waals surface area contributed by atoms with E-state index in [2.05, 4.69) is 45.0 Å². The zero-order valence-electron chi connectivity index (χ0n) is 17.1. The lowest BCUT2D eigenvalue weighted by Crippen LogP contribution is -2.52. The van der Waals surface area contributed by atoms with Crippen molar-refractivity contribution in [2.75, 3.05) is 45.8 Å². The number of carbonyl (C=O) groups excluding carboxylic acids is 1. The second kappa shape index (κ2) is 10.8. The highest BCUT2D eigenvalue weighted by Gasteiger charge is 2.27. The van der Waals surface area contributed by atoms with Crippen LogP contribution >= 0.6 is 0 Å². The second-order valence-electron chi connectivity index (χ2n) is 8.30. The van der Waals surface area contributed by atoms with Crippen molar-refractivity contribution in [1.29, 1.82) is 0 Å². The average Bonchev–Trinajstić information content (AvgIpc) is 2.70. The monoisotopic (exact) mass is 371 g/mol. The predicted octanol–water partition coefficient (Wildman–Crippen LogP) is 3.42. The Balaban J connectivity index is 1.44. The normalized spacial score (nSPS) is 21.9. The maximum absolute atomic E-state index is 12.3. The van der Waals surface area contributed by atoms with Gasteiger partial charge in [0.15, 0.2) is 0 Å². The van der Waals surface area contributed by atoms with Crippen molar-refractivity contribution in [2.45, 2.75) is 57.9 Å². The molecule has 0 radical (unpaired) electrons. The fourth-order valence-corrected chi connectivity index (χ4v) is 4.67. The predicted molar refractivity (Wildman–Crippen MR) is 112 cm³/mol. The molecule has 1 amide bonds. The van der Waals surface area contributed by atoms with Crippen molar-refractivity contribution >= 4 is 5.91 Å². The molecule has 0 N–H and O–H groups in total. The SMILES string of the molecule is CC(=O)N(CCN1CCCCC1)C1CCCN(CCCc2ccccc2)C1. The summed E-state index contributed by atoms with van der Waals surface area (Å²) in [6, 6.07) is 11.2. The van der Waals surface area contributed by atoms with Crippen molar-refractivity contribution < 1.29 is 4.79 Å². The minimum Gasteiger partial charge on any atom is -0.337 e. The Hall–Kier alpha value is -1.39. The first-order valence-corrected chi connectivity index (χ1v) is 11.0. The van der Waals surface area contributed by atoms with Gasteiger partial charge in [-0.3, -0.25) is 4.79 Å². The number of piperidine rings is 2. The molecule has 0 bridgehead atoms. The molecule has 4 nitrogen and oxygen atoms in total. The van der Waals surface area contributed by atoms with Crippen LogP contribution in [0.15, 0.2) is 30.3 Å². The molecule has 0 aromatic heterocycles. The average molecular weight is 372 g/mol. The van der Waals surface area contributed by atoms with Gasteiger partial charge < -0.3 is 14.7 Å². The lowest BCUT2D eigenvalue weighted by molar-refractivity contribution is -0.132. The van der Waals surface area contributed by atoms with E-state index in [4.69, 9.17) is 0 Å². The zero-order chi connectivity index (χ0) is 18.9. The first-order valence-electron chi connectivity index (χ1n) is 11.0. The Morgan fingerprint density at radius 3 is 2.48 bits per heavy atom. The molecule has 2 heterocycles. The number of benzene rings is 1. The van der Waals surface area contributed by atoms with Gasteiger partial charge >= 0.3 is 0 Å². The number of likely N-dealkylation sites (tertiary alicyclic amines) is 2. The third-order valence-electron chi connectivity index (χ3n) is 6.21. The highest BCUT2D eigenvalue weighted by atomic mass is 16.2. The van der Waals surface area contributed by atoms with Crippen molar-refractivity contribution in [3.63, 3.8) is 0 Å². The lowest BCUT2D eigenvalue weighted by Gasteiger charge is -2.40. The second-order valence-corrected chi connectivity index (χ2v) is 8.30. The van der Waals surface area contributed by atoms with Gasteiger partial charge in [-0.2, -0.15) is 0 Å². The summed E-state index contributed by atoms with van der Waals surface area (Å²) in [6.07, 6.45) is 8.72. The molecular weight excluding hydrogens is 334 g/mol. The Labute approximate surface area is 165 Å². The van der Waals surface area contributed by atoms with Gasteiger partial charge in [-0.15, -0.1) is 0 Å². The lowest BCUT2D eigenvalue weighted by atomic mass is 10.0. The Morgan fingerprint density at radius 1 is 1.00 bits per heavy atom. The van der Waals surface area contributed by atoms with Gasteiger partial charge in [0.1, 0.15) is 0 Å². The zero-order valence-corrected chi connectivity index (χ0v) is 17.1. The van der Waals surface area contributed by atoms with E-state index >= 15 is 0 Å². The van der Waals surface area contributed by atoms with Crippen molar-refractivity contribution in [3.05, 3.63) is 35.9 Å². The Kier molecular flexibility index (Phi) is 8.15. The van der Waals surface area contributed by atoms with Gasteiger partial charge in [-0.25, -0.2) is 0 Å². The van der Waals surface area contributed by atoms with Crippen LogP contribution in [0.2, 0.25) is 0 Å². The molecule has 2 fully saturated rings. The smallest absolute Gasteiger partial charge is 0.219 e. The van der Waals surface area contributed by atoms with Crippen LogP contribution in [0.25, 0.3) is 0 Å². The first kappa shape index (κ1) is 20.3. The summed E-state index contributed by atoms with van der Waals surface area (Å²) in [6.45, 7) is 9.50. The van der Waals surface area contributed by atoms with Gasteiger partial charge in [-0.1, -0.05) is 36.8 Å². The van der Waals surface area contributed by atoms with E-state index in [1.807, 2.05) is 0 Å². The van der Waals surface area contributed by atoms with Crippen LogP contribution < -0.4 is 0 Å². The number of carbonyl (C=O) groups is 1. The quantitative estimate of drug-likeness (QED) is 0.701. The fraction of sp³-hybridized carbons (Fsp3) is 0.696. The van der Waals surface area contributed by atoms with E-state index < -0.39 is 0 Å². The first-order chi connectivity index (χ1) is 13.2. The number of aryl methyl sites for hydroxylation is 1. The molecule has 2 aliphatic heterocycles. The third kappa shape index (κ3) is 6.62. The molecule has 1 aromatic rings. The molecular formula is C23H37N3O. The number of hydrogen-bond acceptors (Lipinski definition) is 3. The largest absolute Gasteiger partial charge is 0.337 e. The summed E-state index contributed by atoms with van der Waals surface area (Å²) < 4.78 is 0. The number of nitrogens with zero attached hydrogens (tertiary/aromatic N) is 3. The van der Waals surface area contributed by atoms with Crippen LogP contribution in [0.1, 0.15) is 51.0 Å². The summed E-state index contributed by atoms with van der Waals surface area (Å²) in [7, 11) is 0. The van der Waals surface area contributed by atoms with Gasteiger partial charge in [0.2, 0.25) is 5.91 Å². The molecule has 0 saturated carbocycles. The van der Waals surface area contributed by atoms with Crippen LogP contribution in [0.5, 0.6) is 0 Å². The van der Waals surface area contributed by atoms with Crippen molar-refractivity contribution in [3.8, 4) is 0 Å². The van der Waals surface area contributed by atoms with Crippen LogP contribution in [0, 0.1) is 0 Å². The summed E-state index contributed by atoms with van der Waals surface area (Å²) in [5, 5.41) is 0. The summed E-state index contributed by atoms with van der Waals surface area (Å²) in [5.41, 5.74) is 1.43. The van der Waals surface area contributed by atoms with E-state index in [1.165, 1.54) is 57.3 Å². The van der Waals surface area contributed by atoms with Crippen LogP contribution in [-0.4, -0.2) is 72.5 Å². The van der Waals surface area contributed by atoms with Crippen molar-refractivity contribution in [2.24, 2.45) is 0 Å². The molecule has 3 rings (SSSR count). The van der Waals surface area contributed by atoms with Crippen LogP contribution in [0.4, 0.5) is 0 Å². The standard InChI is InChI=1S/C23H37N3O/c1-21(27)26(19-18-24-14-6-3-7-15-24)23-13-9-17-25(20-23)16-8-12-22-10-4-2-5-11-22/h2,4-5,10-11,23H,3,6-9,12-20H2,1H3. The summed E-state index contributed by atoms with van der Waals surface area (Å²) in [4.78, 5) is 19.6. The Bertz CT molecular complexity index is 556.